The number of fused-ring (bicyclic) bond motifs is 2. The smallest absolute Gasteiger partial charge is 0.271 e. The molecule has 1 aliphatic carbocycles. The lowest BCUT2D eigenvalue weighted by Crippen LogP contribution is -2.16. The fourth-order valence-electron chi connectivity index (χ4n) is 3.96. The number of nitrogens with one attached hydrogen (secondary N) is 1. The summed E-state index contributed by atoms with van der Waals surface area (Å²) in [7, 11) is 1.45. The van der Waals surface area contributed by atoms with Gasteiger partial charge in [-0.1, -0.05) is 24.3 Å². The summed E-state index contributed by atoms with van der Waals surface area (Å²) in [6.07, 6.45) is 2.10. The second-order valence-corrected chi connectivity index (χ2v) is 8.13. The van der Waals surface area contributed by atoms with E-state index in [1.165, 1.54) is 13.2 Å². The summed E-state index contributed by atoms with van der Waals surface area (Å²) in [6.45, 7) is 0. The Morgan fingerprint density at radius 2 is 2.03 bits per heavy atom. The van der Waals surface area contributed by atoms with E-state index < -0.39 is 16.8 Å². The molecule has 2 aromatic carbocycles. The van der Waals surface area contributed by atoms with Gasteiger partial charge in [-0.2, -0.15) is 5.26 Å². The normalized spacial score (nSPS) is 13.6. The zero-order valence-corrected chi connectivity index (χ0v) is 16.8. The molecule has 1 saturated carbocycles. The van der Waals surface area contributed by atoms with E-state index >= 15 is 4.39 Å². The molecule has 2 aromatic heterocycles. The van der Waals surface area contributed by atoms with E-state index in [4.69, 9.17) is 10.00 Å². The van der Waals surface area contributed by atoms with Crippen molar-refractivity contribution in [2.75, 3.05) is 7.11 Å². The summed E-state index contributed by atoms with van der Waals surface area (Å²) >= 11 is 1.12. The Kier molecular flexibility index (Phi) is 4.22. The monoisotopic (exact) mass is 421 g/mol. The van der Waals surface area contributed by atoms with Gasteiger partial charge in [-0.05, 0) is 41.6 Å². The fourth-order valence-corrected chi connectivity index (χ4v) is 4.88. The second kappa shape index (κ2) is 6.82. The summed E-state index contributed by atoms with van der Waals surface area (Å²) < 4.78 is 25.5. The predicted molar refractivity (Wildman–Crippen MR) is 114 cm³/mol. The molecule has 0 atom stereocenters. The van der Waals surface area contributed by atoms with Gasteiger partial charge in [0.15, 0.2) is 5.75 Å². The SMILES string of the molecule is COc1c(-c2ccc(CC#N)cc2)c(F)cc2c(=O)c3c(=O)[nH]sc3n(C3CC3)c12. The first-order valence-electron chi connectivity index (χ1n) is 9.47. The molecule has 2 heterocycles. The topological polar surface area (TPSA) is 87.9 Å². The van der Waals surface area contributed by atoms with E-state index in [9.17, 15) is 9.59 Å². The first kappa shape index (κ1) is 18.6. The van der Waals surface area contributed by atoms with Crippen molar-refractivity contribution < 1.29 is 9.13 Å². The third kappa shape index (κ3) is 2.66. The van der Waals surface area contributed by atoms with Gasteiger partial charge in [0, 0.05) is 6.04 Å². The van der Waals surface area contributed by atoms with Gasteiger partial charge in [0.05, 0.1) is 36.1 Å². The molecule has 1 N–H and O–H groups in total. The van der Waals surface area contributed by atoms with E-state index in [0.717, 1.165) is 29.9 Å². The third-order valence-electron chi connectivity index (χ3n) is 5.46. The minimum Gasteiger partial charge on any atom is -0.494 e. The van der Waals surface area contributed by atoms with Crippen LogP contribution in [0.25, 0.3) is 32.2 Å². The quantitative estimate of drug-likeness (QED) is 0.537. The van der Waals surface area contributed by atoms with Crippen molar-refractivity contribution >= 4 is 32.7 Å². The summed E-state index contributed by atoms with van der Waals surface area (Å²) in [6, 6.07) is 10.5. The summed E-state index contributed by atoms with van der Waals surface area (Å²) in [4.78, 5) is 25.9. The molecular formula is C22H16FN3O3S. The molecule has 5 rings (SSSR count). The molecule has 150 valence electrons. The molecule has 1 aliphatic rings. The highest BCUT2D eigenvalue weighted by Gasteiger charge is 2.31. The standard InChI is InChI=1S/C22H16FN3O3S/c1-29-20-16(12-4-2-11(3-5-12)8-9-24)15(23)10-14-18(20)26(13-6-7-13)22-17(19(14)27)21(28)25-30-22/h2-5,10,13H,6-8H2,1H3,(H,25,28). The molecule has 0 radical (unpaired) electrons. The molecular weight excluding hydrogens is 405 g/mol. The lowest BCUT2D eigenvalue weighted by atomic mass is 9.98. The van der Waals surface area contributed by atoms with E-state index in [0.29, 0.717) is 15.9 Å². The number of aromatic nitrogens is 2. The number of halogens is 1. The number of H-pyrrole nitrogens is 1. The number of methoxy groups -OCH3 is 1. The van der Waals surface area contributed by atoms with E-state index in [1.54, 1.807) is 24.3 Å². The van der Waals surface area contributed by atoms with Crippen molar-refractivity contribution in [3.05, 3.63) is 62.3 Å². The van der Waals surface area contributed by atoms with Gasteiger partial charge < -0.3 is 9.30 Å². The van der Waals surface area contributed by atoms with Crippen molar-refractivity contribution in [2.24, 2.45) is 0 Å². The van der Waals surface area contributed by atoms with E-state index in [-0.39, 0.29) is 34.5 Å². The molecule has 0 unspecified atom stereocenters. The van der Waals surface area contributed by atoms with Crippen molar-refractivity contribution in [1.82, 2.24) is 8.94 Å². The average Bonchev–Trinajstić information content (AvgIpc) is 3.51. The molecule has 4 aromatic rings. The minimum absolute atomic E-state index is 0.0643. The number of nitrogens with zero attached hydrogens (tertiary/aromatic N) is 2. The zero-order chi connectivity index (χ0) is 21.0. The molecule has 1 fully saturated rings. The van der Waals surface area contributed by atoms with Gasteiger partial charge in [0.1, 0.15) is 16.0 Å². The van der Waals surface area contributed by atoms with Crippen LogP contribution >= 0.6 is 11.5 Å². The first-order chi connectivity index (χ1) is 14.5. The fraction of sp³-hybridized carbons (Fsp3) is 0.227. The van der Waals surface area contributed by atoms with E-state index in [2.05, 4.69) is 10.4 Å². The largest absolute Gasteiger partial charge is 0.494 e. The Bertz CT molecular complexity index is 1470. The number of hydrogen-bond acceptors (Lipinski definition) is 5. The van der Waals surface area contributed by atoms with Crippen LogP contribution < -0.4 is 15.7 Å². The highest BCUT2D eigenvalue weighted by atomic mass is 32.1. The maximum absolute atomic E-state index is 15.3. The minimum atomic E-state index is -0.599. The van der Waals surface area contributed by atoms with Crippen LogP contribution in [0.2, 0.25) is 0 Å². The summed E-state index contributed by atoms with van der Waals surface area (Å²) in [5.74, 6) is -0.331. The van der Waals surface area contributed by atoms with Crippen LogP contribution in [0.1, 0.15) is 24.4 Å². The molecule has 0 saturated heterocycles. The van der Waals surface area contributed by atoms with Crippen LogP contribution in [0.3, 0.4) is 0 Å². The Hall–Kier alpha value is -3.44. The first-order valence-corrected chi connectivity index (χ1v) is 10.3. The highest BCUT2D eigenvalue weighted by molar-refractivity contribution is 7.12. The summed E-state index contributed by atoms with van der Waals surface area (Å²) in [5, 5.41) is 9.07. The van der Waals surface area contributed by atoms with Crippen molar-refractivity contribution in [2.45, 2.75) is 25.3 Å². The Morgan fingerprint density at radius 3 is 2.67 bits per heavy atom. The molecule has 0 bridgehead atoms. The van der Waals surface area contributed by atoms with Crippen LogP contribution in [-0.2, 0) is 6.42 Å². The number of hydrogen-bond donors (Lipinski definition) is 1. The number of ether oxygens (including phenoxy) is 1. The van der Waals surface area contributed by atoms with Crippen LogP contribution in [-0.4, -0.2) is 16.1 Å². The lowest BCUT2D eigenvalue weighted by Gasteiger charge is -2.18. The van der Waals surface area contributed by atoms with Gasteiger partial charge >= 0.3 is 0 Å². The van der Waals surface area contributed by atoms with Gasteiger partial charge in [0.25, 0.3) is 5.56 Å². The molecule has 6 nitrogen and oxygen atoms in total. The average molecular weight is 421 g/mol. The second-order valence-electron chi connectivity index (χ2n) is 7.34. The van der Waals surface area contributed by atoms with Crippen molar-refractivity contribution in [3.8, 4) is 22.9 Å². The highest BCUT2D eigenvalue weighted by Crippen LogP contribution is 2.45. The summed E-state index contributed by atoms with van der Waals surface area (Å²) in [5.41, 5.74) is 1.23. The molecule has 8 heteroatoms. The van der Waals surface area contributed by atoms with Gasteiger partial charge in [0.2, 0.25) is 5.43 Å². The maximum Gasteiger partial charge on any atom is 0.271 e. The van der Waals surface area contributed by atoms with Gasteiger partial charge in [-0.3, -0.25) is 14.0 Å². The number of pyridine rings is 1. The lowest BCUT2D eigenvalue weighted by molar-refractivity contribution is 0.416. The molecule has 0 amide bonds. The van der Waals surface area contributed by atoms with Crippen LogP contribution in [0.15, 0.2) is 39.9 Å². The van der Waals surface area contributed by atoms with E-state index in [1.807, 2.05) is 4.57 Å². The van der Waals surface area contributed by atoms with Gasteiger partial charge in [-0.25, -0.2) is 4.39 Å². The number of benzene rings is 2. The van der Waals surface area contributed by atoms with Crippen LogP contribution in [0, 0.1) is 17.1 Å². The number of aromatic amines is 1. The maximum atomic E-state index is 15.3. The number of nitriles is 1. The molecule has 0 aliphatic heterocycles. The Morgan fingerprint density at radius 1 is 1.30 bits per heavy atom. The Balaban J connectivity index is 1.90. The molecule has 0 spiro atoms. The van der Waals surface area contributed by atoms with Crippen molar-refractivity contribution in [1.29, 1.82) is 5.26 Å². The van der Waals surface area contributed by atoms with Crippen LogP contribution in [0.4, 0.5) is 4.39 Å². The Labute approximate surface area is 173 Å². The zero-order valence-electron chi connectivity index (χ0n) is 16.0. The van der Waals surface area contributed by atoms with Crippen LogP contribution in [0.5, 0.6) is 5.75 Å². The van der Waals surface area contributed by atoms with Gasteiger partial charge in [-0.15, -0.1) is 0 Å². The van der Waals surface area contributed by atoms with Crippen molar-refractivity contribution in [3.63, 3.8) is 0 Å². The third-order valence-corrected chi connectivity index (χ3v) is 6.34. The number of rotatable bonds is 4. The molecule has 30 heavy (non-hydrogen) atoms. The predicted octanol–water partition coefficient (Wildman–Crippen LogP) is 4.12.